The van der Waals surface area contributed by atoms with E-state index in [1.54, 1.807) is 0 Å². The highest BCUT2D eigenvalue weighted by Crippen LogP contribution is 2.24. The van der Waals surface area contributed by atoms with Gasteiger partial charge in [-0.05, 0) is 26.3 Å². The van der Waals surface area contributed by atoms with Crippen LogP contribution in [0.25, 0.3) is 0 Å². The van der Waals surface area contributed by atoms with Gasteiger partial charge < -0.3 is 15.3 Å². The zero-order chi connectivity index (χ0) is 14.0. The molecule has 1 amide bonds. The summed E-state index contributed by atoms with van der Waals surface area (Å²) in [6.07, 6.45) is -3.53. The highest BCUT2D eigenvalue weighted by molar-refractivity contribution is 5.89. The molecule has 1 rings (SSSR count). The van der Waals surface area contributed by atoms with Crippen LogP contribution in [-0.2, 0) is 9.59 Å². The number of carboxylic acid groups (broad SMARTS) is 1. The van der Waals surface area contributed by atoms with Crippen molar-refractivity contribution in [1.29, 1.82) is 0 Å². The number of carbonyl (C=O) groups is 2. The Labute approximate surface area is 102 Å². The summed E-state index contributed by atoms with van der Waals surface area (Å²) < 4.78 is 37.0. The third kappa shape index (κ3) is 3.86. The molecule has 1 saturated heterocycles. The number of carboxylic acids is 1. The molecule has 1 fully saturated rings. The normalized spacial score (nSPS) is 24.0. The number of rotatable bonds is 4. The Kier molecular flexibility index (Phi) is 4.20. The van der Waals surface area contributed by atoms with Crippen molar-refractivity contribution in [3.05, 3.63) is 0 Å². The van der Waals surface area contributed by atoms with Gasteiger partial charge in [-0.1, -0.05) is 0 Å². The number of alkyl halides is 3. The van der Waals surface area contributed by atoms with E-state index in [0.29, 0.717) is 24.3 Å². The van der Waals surface area contributed by atoms with E-state index in [-0.39, 0.29) is 0 Å². The Balaban J connectivity index is 2.81. The van der Waals surface area contributed by atoms with Crippen LogP contribution in [0.3, 0.4) is 0 Å². The average molecular weight is 268 g/mol. The first kappa shape index (κ1) is 14.7. The molecular weight excluding hydrogens is 253 g/mol. The van der Waals surface area contributed by atoms with Crippen LogP contribution in [0.2, 0.25) is 0 Å². The van der Waals surface area contributed by atoms with Gasteiger partial charge in [0.1, 0.15) is 13.1 Å². The molecule has 0 spiro atoms. The lowest BCUT2D eigenvalue weighted by Gasteiger charge is -2.31. The van der Waals surface area contributed by atoms with E-state index in [1.807, 2.05) is 0 Å². The molecule has 1 aliphatic heterocycles. The number of carbonyl (C=O) groups excluding carboxylic acids is 1. The van der Waals surface area contributed by atoms with Gasteiger partial charge in [-0.2, -0.15) is 13.2 Å². The van der Waals surface area contributed by atoms with E-state index in [9.17, 15) is 22.8 Å². The van der Waals surface area contributed by atoms with E-state index in [1.165, 1.54) is 6.92 Å². The molecule has 8 heteroatoms. The highest BCUT2D eigenvalue weighted by atomic mass is 19.4. The van der Waals surface area contributed by atoms with Gasteiger partial charge in [-0.25, -0.2) is 0 Å². The molecule has 0 bridgehead atoms. The molecule has 0 aromatic heterocycles. The van der Waals surface area contributed by atoms with Crippen molar-refractivity contribution in [3.63, 3.8) is 0 Å². The Hall–Kier alpha value is -1.31. The Morgan fingerprint density at radius 3 is 2.44 bits per heavy atom. The fourth-order valence-corrected chi connectivity index (χ4v) is 2.01. The number of nitrogens with zero attached hydrogens (tertiary/aromatic N) is 1. The second kappa shape index (κ2) is 5.13. The molecule has 1 atom stereocenters. The maximum Gasteiger partial charge on any atom is 0.406 e. The summed E-state index contributed by atoms with van der Waals surface area (Å²) in [7, 11) is 0. The third-order valence-corrected chi connectivity index (χ3v) is 2.82. The van der Waals surface area contributed by atoms with Crippen molar-refractivity contribution >= 4 is 11.9 Å². The van der Waals surface area contributed by atoms with Crippen molar-refractivity contribution in [2.45, 2.75) is 31.5 Å². The predicted octanol–water partition coefficient (Wildman–Crippen LogP) is 0.604. The topological polar surface area (TPSA) is 69.6 Å². The van der Waals surface area contributed by atoms with Gasteiger partial charge >= 0.3 is 12.1 Å². The first-order valence-corrected chi connectivity index (χ1v) is 5.47. The number of nitrogens with one attached hydrogen (secondary N) is 1. The predicted molar refractivity (Wildman–Crippen MR) is 55.9 cm³/mol. The first-order chi connectivity index (χ1) is 8.14. The number of halogens is 3. The van der Waals surface area contributed by atoms with E-state index in [0.717, 1.165) is 0 Å². The molecule has 0 aromatic rings. The highest BCUT2D eigenvalue weighted by Gasteiger charge is 2.43. The summed E-state index contributed by atoms with van der Waals surface area (Å²) in [6, 6.07) is 0. The monoisotopic (exact) mass is 268 g/mol. The summed E-state index contributed by atoms with van der Waals surface area (Å²) in [5.74, 6) is -2.28. The lowest BCUT2D eigenvalue weighted by molar-refractivity contribution is -0.168. The Morgan fingerprint density at radius 2 is 2.06 bits per heavy atom. The van der Waals surface area contributed by atoms with Crippen molar-refractivity contribution in [2.24, 2.45) is 0 Å². The van der Waals surface area contributed by atoms with E-state index < -0.39 is 36.7 Å². The number of hydrogen-bond acceptors (Lipinski definition) is 3. The molecule has 1 heterocycles. The van der Waals surface area contributed by atoms with Crippen LogP contribution in [0.5, 0.6) is 0 Å². The molecule has 0 aliphatic carbocycles. The second-order valence-corrected chi connectivity index (χ2v) is 4.53. The molecule has 0 saturated carbocycles. The fraction of sp³-hybridized carbons (Fsp3) is 0.800. The van der Waals surface area contributed by atoms with Gasteiger partial charge in [0, 0.05) is 0 Å². The second-order valence-electron chi connectivity index (χ2n) is 4.53. The maximum absolute atomic E-state index is 12.3. The van der Waals surface area contributed by atoms with Crippen LogP contribution in [0.4, 0.5) is 13.2 Å². The SMILES string of the molecule is CC1(C(=O)N(CC(=O)O)CC(F)(F)F)CCCN1. The fourth-order valence-electron chi connectivity index (χ4n) is 2.01. The maximum atomic E-state index is 12.3. The van der Waals surface area contributed by atoms with Crippen molar-refractivity contribution in [3.8, 4) is 0 Å². The van der Waals surface area contributed by atoms with Gasteiger partial charge in [0.2, 0.25) is 5.91 Å². The summed E-state index contributed by atoms with van der Waals surface area (Å²) in [4.78, 5) is 22.9. The summed E-state index contributed by atoms with van der Waals surface area (Å²) in [5, 5.41) is 11.4. The number of amides is 1. The summed E-state index contributed by atoms with van der Waals surface area (Å²) in [5.41, 5.74) is -1.10. The quantitative estimate of drug-likeness (QED) is 0.783. The van der Waals surface area contributed by atoms with Crippen LogP contribution in [0.1, 0.15) is 19.8 Å². The van der Waals surface area contributed by atoms with Gasteiger partial charge in [0.15, 0.2) is 0 Å². The zero-order valence-electron chi connectivity index (χ0n) is 9.88. The van der Waals surface area contributed by atoms with Gasteiger partial charge in [0.25, 0.3) is 0 Å². The van der Waals surface area contributed by atoms with Gasteiger partial charge in [-0.15, -0.1) is 0 Å². The Morgan fingerprint density at radius 1 is 1.44 bits per heavy atom. The molecule has 18 heavy (non-hydrogen) atoms. The first-order valence-electron chi connectivity index (χ1n) is 5.47. The Bertz CT molecular complexity index is 338. The standard InChI is InChI=1S/C10H15F3N2O3/c1-9(3-2-4-14-9)8(18)15(5-7(16)17)6-10(11,12)13/h14H,2-6H2,1H3,(H,16,17). The van der Waals surface area contributed by atoms with E-state index >= 15 is 0 Å². The number of aliphatic carboxylic acids is 1. The molecule has 0 radical (unpaired) electrons. The minimum atomic E-state index is -4.61. The summed E-state index contributed by atoms with van der Waals surface area (Å²) in [6.45, 7) is -0.465. The molecule has 104 valence electrons. The van der Waals surface area contributed by atoms with Gasteiger partial charge in [0.05, 0.1) is 5.54 Å². The van der Waals surface area contributed by atoms with Crippen LogP contribution in [-0.4, -0.2) is 53.2 Å². The third-order valence-electron chi connectivity index (χ3n) is 2.82. The van der Waals surface area contributed by atoms with E-state index in [2.05, 4.69) is 5.32 Å². The average Bonchev–Trinajstić information content (AvgIpc) is 2.61. The zero-order valence-corrected chi connectivity index (χ0v) is 9.88. The van der Waals surface area contributed by atoms with Crippen LogP contribution < -0.4 is 5.32 Å². The smallest absolute Gasteiger partial charge is 0.406 e. The molecule has 1 unspecified atom stereocenters. The number of hydrogen-bond donors (Lipinski definition) is 2. The summed E-state index contributed by atoms with van der Waals surface area (Å²) >= 11 is 0. The van der Waals surface area contributed by atoms with E-state index in [4.69, 9.17) is 5.11 Å². The van der Waals surface area contributed by atoms with Crippen LogP contribution in [0, 0.1) is 0 Å². The molecule has 5 nitrogen and oxygen atoms in total. The van der Waals surface area contributed by atoms with Crippen molar-refractivity contribution in [2.75, 3.05) is 19.6 Å². The van der Waals surface area contributed by atoms with Crippen LogP contribution in [0.15, 0.2) is 0 Å². The molecular formula is C10H15F3N2O3. The minimum Gasteiger partial charge on any atom is -0.480 e. The minimum absolute atomic E-state index is 0.334. The lowest BCUT2D eigenvalue weighted by atomic mass is 9.98. The molecule has 0 aromatic carbocycles. The van der Waals surface area contributed by atoms with Crippen molar-refractivity contribution in [1.82, 2.24) is 10.2 Å². The van der Waals surface area contributed by atoms with Crippen molar-refractivity contribution < 1.29 is 27.9 Å². The largest absolute Gasteiger partial charge is 0.480 e. The van der Waals surface area contributed by atoms with Gasteiger partial charge in [-0.3, -0.25) is 9.59 Å². The van der Waals surface area contributed by atoms with Crippen LogP contribution >= 0.6 is 0 Å². The lowest BCUT2D eigenvalue weighted by Crippen LogP contribution is -2.55. The molecule has 2 N–H and O–H groups in total. The molecule has 1 aliphatic rings.